The van der Waals surface area contributed by atoms with E-state index < -0.39 is 23.4 Å². The lowest BCUT2D eigenvalue weighted by molar-refractivity contribution is -0.144. The van der Waals surface area contributed by atoms with E-state index in [4.69, 9.17) is 40.8 Å². The molecule has 0 aromatic rings. The molecule has 0 rings (SSSR count). The number of aliphatic hydroxyl groups is 2. The maximum atomic E-state index is 12.8. The zero-order valence-corrected chi connectivity index (χ0v) is 53.0. The largest absolute Gasteiger partial charge is 0.466 e. The van der Waals surface area contributed by atoms with E-state index in [2.05, 4.69) is 20.8 Å². The van der Waals surface area contributed by atoms with E-state index in [1.165, 1.54) is 178 Å². The highest BCUT2D eigenvalue weighted by molar-refractivity contribution is 6.63. The van der Waals surface area contributed by atoms with Gasteiger partial charge >= 0.3 is 24.1 Å². The predicted octanol–water partition coefficient (Wildman–Crippen LogP) is 17.9. The van der Waals surface area contributed by atoms with Crippen molar-refractivity contribution >= 4 is 41.0 Å². The minimum Gasteiger partial charge on any atom is -0.466 e. The van der Waals surface area contributed by atoms with Crippen LogP contribution in [0.25, 0.3) is 0 Å². The van der Waals surface area contributed by atoms with E-state index in [1.807, 2.05) is 20.8 Å². The van der Waals surface area contributed by atoms with Crippen molar-refractivity contribution in [3.8, 4) is 0 Å². The first-order valence-corrected chi connectivity index (χ1v) is 32.4. The Morgan fingerprint density at radius 2 is 0.577 bits per heavy atom. The van der Waals surface area contributed by atoms with Gasteiger partial charge in [-0.2, -0.15) is 0 Å². The molecule has 0 radical (unpaired) electrons. The van der Waals surface area contributed by atoms with Crippen LogP contribution >= 0.6 is 11.6 Å². The van der Waals surface area contributed by atoms with E-state index in [1.54, 1.807) is 25.7 Å². The lowest BCUT2D eigenvalue weighted by Gasteiger charge is -2.27. The molecule has 0 bridgehead atoms. The predicted molar refractivity (Wildman–Crippen MR) is 324 cm³/mol. The minimum atomic E-state index is -0.600. The van der Waals surface area contributed by atoms with Crippen molar-refractivity contribution in [3.63, 3.8) is 0 Å². The van der Waals surface area contributed by atoms with Crippen molar-refractivity contribution in [1.29, 1.82) is 0 Å². The van der Waals surface area contributed by atoms with E-state index in [-0.39, 0.29) is 43.6 Å². The van der Waals surface area contributed by atoms with Gasteiger partial charge in [-0.15, -0.1) is 0 Å². The number of esters is 2. The second-order valence-corrected chi connectivity index (χ2v) is 23.9. The molecule has 0 aromatic heterocycles. The van der Waals surface area contributed by atoms with Crippen LogP contribution in [0.5, 0.6) is 0 Å². The van der Waals surface area contributed by atoms with Gasteiger partial charge < -0.3 is 39.0 Å². The minimum absolute atomic E-state index is 0.0401. The Kier molecular flexibility index (Phi) is 60.2. The number of halogens is 1. The molecular formula is C64H125ClN2O11. The summed E-state index contributed by atoms with van der Waals surface area (Å²) in [4.78, 5) is 62.4. The zero-order valence-electron chi connectivity index (χ0n) is 52.3. The average molecular weight is 1130 g/mol. The maximum Gasteiger partial charge on any atom is 0.410 e. The van der Waals surface area contributed by atoms with Gasteiger partial charge in [0.15, 0.2) is 0 Å². The number of rotatable bonds is 50. The maximum absolute atomic E-state index is 12.8. The van der Waals surface area contributed by atoms with E-state index >= 15 is 0 Å². The highest BCUT2D eigenvalue weighted by Crippen LogP contribution is 2.17. The van der Waals surface area contributed by atoms with Crippen LogP contribution in [0.3, 0.4) is 0 Å². The highest BCUT2D eigenvalue weighted by atomic mass is 35.5. The first-order valence-electron chi connectivity index (χ1n) is 32.0. The van der Waals surface area contributed by atoms with Crippen molar-refractivity contribution in [1.82, 2.24) is 9.80 Å². The second-order valence-electron chi connectivity index (χ2n) is 23.4. The Morgan fingerprint density at radius 3 is 0.808 bits per heavy atom. The quantitative estimate of drug-likeness (QED) is 0.0257. The molecule has 0 saturated carbocycles. The third kappa shape index (κ3) is 65.9. The molecule has 13 nitrogen and oxygen atoms in total. The van der Waals surface area contributed by atoms with Gasteiger partial charge in [0.2, 0.25) is 5.24 Å². The fourth-order valence-electron chi connectivity index (χ4n) is 8.59. The van der Waals surface area contributed by atoms with Crippen LogP contribution in [0.15, 0.2) is 0 Å². The first-order chi connectivity index (χ1) is 37.4. The van der Waals surface area contributed by atoms with E-state index in [0.717, 1.165) is 38.5 Å². The summed E-state index contributed by atoms with van der Waals surface area (Å²) in [6, 6.07) is 0. The SMILES string of the molecule is CC(C)(C)OC(=O)N(CCCO)CCCO.CCCCCCCCCCCCCC(=O)Cl.CCCCCCCCCCCCCC(=O)OCCCN(CCCOC(=O)CCCCCCCCCCCCC)C(=O)OC(C)(C)C. The average Bonchev–Trinajstić information content (AvgIpc) is 3.37. The number of aliphatic hydroxyl groups excluding tert-OH is 2. The molecular weight excluding hydrogens is 1010 g/mol. The molecule has 2 amide bonds. The molecule has 0 heterocycles. The van der Waals surface area contributed by atoms with Crippen LogP contribution in [0.2, 0.25) is 0 Å². The van der Waals surface area contributed by atoms with Gasteiger partial charge in [-0.05, 0) is 98.1 Å². The van der Waals surface area contributed by atoms with E-state index in [0.29, 0.717) is 71.1 Å². The molecule has 14 heteroatoms. The normalized spacial score (nSPS) is 11.2. The van der Waals surface area contributed by atoms with Crippen LogP contribution in [0, 0.1) is 0 Å². The Morgan fingerprint density at radius 1 is 0.346 bits per heavy atom. The topological polar surface area (TPSA) is 169 Å². The summed E-state index contributed by atoms with van der Waals surface area (Å²) in [5, 5.41) is 17.3. The van der Waals surface area contributed by atoms with Gasteiger partial charge in [0.1, 0.15) is 11.2 Å². The summed E-state index contributed by atoms with van der Waals surface area (Å²) in [7, 11) is 0. The summed E-state index contributed by atoms with van der Waals surface area (Å²) in [6.07, 6.45) is 44.7. The number of hydrogen-bond donors (Lipinski definition) is 2. The van der Waals surface area contributed by atoms with Gasteiger partial charge in [0.05, 0.1) is 13.2 Å². The molecule has 0 spiro atoms. The summed E-state index contributed by atoms with van der Waals surface area (Å²) in [5.74, 6) is -0.325. The van der Waals surface area contributed by atoms with Crippen LogP contribution in [0.1, 0.15) is 319 Å². The molecule has 78 heavy (non-hydrogen) atoms. The zero-order chi connectivity index (χ0) is 58.8. The lowest BCUT2D eigenvalue weighted by Crippen LogP contribution is -2.38. The van der Waals surface area contributed by atoms with Crippen molar-refractivity contribution in [2.45, 2.75) is 330 Å². The van der Waals surface area contributed by atoms with Crippen molar-refractivity contribution in [2.75, 3.05) is 52.6 Å². The monoisotopic (exact) mass is 1130 g/mol. The number of carbonyl (C=O) groups is 5. The molecule has 0 saturated heterocycles. The summed E-state index contributed by atoms with van der Waals surface area (Å²) < 4.78 is 21.6. The third-order valence-electron chi connectivity index (χ3n) is 13.1. The van der Waals surface area contributed by atoms with E-state index in [9.17, 15) is 24.0 Å². The van der Waals surface area contributed by atoms with Gasteiger partial charge in [-0.3, -0.25) is 14.4 Å². The van der Waals surface area contributed by atoms with Crippen molar-refractivity contribution in [2.24, 2.45) is 0 Å². The molecule has 464 valence electrons. The third-order valence-corrected chi connectivity index (χ3v) is 13.3. The molecule has 0 atom stereocenters. The number of carbonyl (C=O) groups excluding carboxylic acids is 5. The number of hydrogen-bond acceptors (Lipinski definition) is 11. The standard InChI is InChI=1S/C39H75NO6.C14H27ClO.C11H23NO4/c1-6-8-10-12-14-16-18-20-22-24-26-30-36(41)44-34-28-32-40(38(43)46-39(3,4)5)33-29-35-45-37(42)31-27-25-23-21-19-17-15-13-11-9-7-2;1-2-3-4-5-6-7-8-9-10-11-12-13-14(15)16;1-11(2,3)16-10(15)12(6-4-8-13)7-5-9-14/h6-35H2,1-5H3;2-13H2,1H3;13-14H,4-9H2,1-3H3. The number of nitrogens with zero attached hydrogens (tertiary/aromatic N) is 2. The summed E-state index contributed by atoms with van der Waals surface area (Å²) in [5.41, 5.74) is -1.12. The van der Waals surface area contributed by atoms with Crippen LogP contribution in [0.4, 0.5) is 9.59 Å². The van der Waals surface area contributed by atoms with Crippen molar-refractivity contribution < 1.29 is 53.1 Å². The smallest absolute Gasteiger partial charge is 0.410 e. The molecule has 0 fully saturated rings. The Bertz CT molecular complexity index is 1300. The Labute approximate surface area is 484 Å². The Balaban J connectivity index is -0.00000142. The van der Waals surface area contributed by atoms with Crippen LogP contribution in [-0.2, 0) is 33.3 Å². The van der Waals surface area contributed by atoms with Gasteiger partial charge in [0, 0.05) is 58.7 Å². The summed E-state index contributed by atoms with van der Waals surface area (Å²) >= 11 is 5.26. The number of amides is 2. The molecule has 0 aromatic carbocycles. The van der Waals surface area contributed by atoms with Crippen LogP contribution in [-0.4, -0.2) is 113 Å². The first kappa shape index (κ1) is 79.6. The molecule has 0 aliphatic carbocycles. The summed E-state index contributed by atoms with van der Waals surface area (Å²) in [6.45, 7) is 20.1. The lowest BCUT2D eigenvalue weighted by atomic mass is 10.1. The van der Waals surface area contributed by atoms with Crippen LogP contribution < -0.4 is 0 Å². The Hall–Kier alpha value is -2.64. The molecule has 0 aliphatic rings. The highest BCUT2D eigenvalue weighted by Gasteiger charge is 2.23. The number of unbranched alkanes of at least 4 members (excludes halogenated alkanes) is 30. The van der Waals surface area contributed by atoms with Gasteiger partial charge in [0.25, 0.3) is 0 Å². The fourth-order valence-corrected chi connectivity index (χ4v) is 8.72. The molecule has 2 N–H and O–H groups in total. The second kappa shape index (κ2) is 59.0. The van der Waals surface area contributed by atoms with Crippen molar-refractivity contribution in [3.05, 3.63) is 0 Å². The molecule has 0 unspecified atom stereocenters. The van der Waals surface area contributed by atoms with Gasteiger partial charge in [-0.25, -0.2) is 9.59 Å². The van der Waals surface area contributed by atoms with Gasteiger partial charge in [-0.1, -0.05) is 213 Å². The fraction of sp³-hybridized carbons (Fsp3) is 0.922. The molecule has 0 aliphatic heterocycles. The number of ether oxygens (including phenoxy) is 4.